The SMILES string of the molecule is O=S(=O)(NN1CCCC1)c1ccc(B(O)O)cc1. The summed E-state index contributed by atoms with van der Waals surface area (Å²) in [6.45, 7) is 1.43. The van der Waals surface area contributed by atoms with Crippen LogP contribution in [0.3, 0.4) is 0 Å². The maximum atomic E-state index is 12.0. The summed E-state index contributed by atoms with van der Waals surface area (Å²) in [5, 5.41) is 19.5. The van der Waals surface area contributed by atoms with Gasteiger partial charge in [0, 0.05) is 13.1 Å². The third-order valence-electron chi connectivity index (χ3n) is 2.84. The summed E-state index contributed by atoms with van der Waals surface area (Å²) in [5.41, 5.74) is 0.259. The van der Waals surface area contributed by atoms with Gasteiger partial charge in [-0.3, -0.25) is 0 Å². The quantitative estimate of drug-likeness (QED) is 0.589. The number of sulfonamides is 1. The van der Waals surface area contributed by atoms with E-state index in [9.17, 15) is 8.42 Å². The van der Waals surface area contributed by atoms with Crippen LogP contribution in [0.15, 0.2) is 29.2 Å². The van der Waals surface area contributed by atoms with Crippen LogP contribution in [0.2, 0.25) is 0 Å². The van der Waals surface area contributed by atoms with E-state index >= 15 is 0 Å². The van der Waals surface area contributed by atoms with Crippen LogP contribution in [0.4, 0.5) is 0 Å². The van der Waals surface area contributed by atoms with Gasteiger partial charge in [0.05, 0.1) is 4.90 Å². The minimum atomic E-state index is -3.57. The molecule has 8 heteroatoms. The Morgan fingerprint density at radius 1 is 1.11 bits per heavy atom. The summed E-state index contributed by atoms with van der Waals surface area (Å²) in [4.78, 5) is 2.61. The Kier molecular flexibility index (Phi) is 4.03. The molecule has 0 amide bonds. The van der Waals surface area contributed by atoms with E-state index in [1.807, 2.05) is 0 Å². The summed E-state index contributed by atoms with van der Waals surface area (Å²) in [6, 6.07) is 5.47. The average Bonchev–Trinajstić information content (AvgIpc) is 2.81. The van der Waals surface area contributed by atoms with Crippen molar-refractivity contribution in [2.24, 2.45) is 0 Å². The Morgan fingerprint density at radius 3 is 2.17 bits per heavy atom. The zero-order valence-corrected chi connectivity index (χ0v) is 10.6. The van der Waals surface area contributed by atoms with E-state index < -0.39 is 17.1 Å². The number of hydrogen-bond acceptors (Lipinski definition) is 5. The van der Waals surface area contributed by atoms with Crippen molar-refractivity contribution < 1.29 is 18.5 Å². The van der Waals surface area contributed by atoms with Gasteiger partial charge in [-0.25, -0.2) is 13.4 Å². The fourth-order valence-corrected chi connectivity index (χ4v) is 2.97. The molecule has 3 N–H and O–H groups in total. The highest BCUT2D eigenvalue weighted by Gasteiger charge is 2.21. The fraction of sp³-hybridized carbons (Fsp3) is 0.400. The van der Waals surface area contributed by atoms with Crippen LogP contribution in [0.25, 0.3) is 0 Å². The van der Waals surface area contributed by atoms with Crippen LogP contribution in [-0.2, 0) is 10.0 Å². The summed E-state index contributed by atoms with van der Waals surface area (Å²) in [7, 11) is -5.16. The molecule has 0 unspecified atom stereocenters. The Bertz CT molecular complexity index is 497. The zero-order valence-electron chi connectivity index (χ0n) is 9.78. The number of nitrogens with one attached hydrogen (secondary N) is 1. The molecule has 0 bridgehead atoms. The fourth-order valence-electron chi connectivity index (χ4n) is 1.85. The van der Waals surface area contributed by atoms with Gasteiger partial charge in [0.1, 0.15) is 0 Å². The lowest BCUT2D eigenvalue weighted by atomic mass is 9.81. The van der Waals surface area contributed by atoms with Gasteiger partial charge in [-0.05, 0) is 30.4 Å². The van der Waals surface area contributed by atoms with Gasteiger partial charge in [-0.1, -0.05) is 12.1 Å². The highest BCUT2D eigenvalue weighted by atomic mass is 32.2. The minimum absolute atomic E-state index is 0.110. The molecule has 1 aromatic rings. The summed E-state index contributed by atoms with van der Waals surface area (Å²) in [5.74, 6) is 0. The molecule has 0 aromatic heterocycles. The van der Waals surface area contributed by atoms with Gasteiger partial charge >= 0.3 is 7.12 Å². The zero-order chi connectivity index (χ0) is 13.2. The molecule has 2 rings (SSSR count). The smallest absolute Gasteiger partial charge is 0.423 e. The van der Waals surface area contributed by atoms with Crippen LogP contribution < -0.4 is 10.3 Å². The van der Waals surface area contributed by atoms with Crippen LogP contribution in [0.1, 0.15) is 12.8 Å². The first kappa shape index (κ1) is 13.5. The van der Waals surface area contributed by atoms with E-state index in [-0.39, 0.29) is 10.4 Å². The molecule has 18 heavy (non-hydrogen) atoms. The Balaban J connectivity index is 2.13. The first-order valence-electron chi connectivity index (χ1n) is 5.72. The molecule has 6 nitrogen and oxygen atoms in total. The van der Waals surface area contributed by atoms with E-state index in [0.29, 0.717) is 13.1 Å². The van der Waals surface area contributed by atoms with Crippen LogP contribution in [-0.4, -0.2) is 43.7 Å². The highest BCUT2D eigenvalue weighted by molar-refractivity contribution is 7.89. The monoisotopic (exact) mass is 270 g/mol. The minimum Gasteiger partial charge on any atom is -0.423 e. The van der Waals surface area contributed by atoms with E-state index in [4.69, 9.17) is 10.0 Å². The average molecular weight is 270 g/mol. The lowest BCUT2D eigenvalue weighted by molar-refractivity contribution is 0.300. The van der Waals surface area contributed by atoms with Crippen LogP contribution >= 0.6 is 0 Å². The van der Waals surface area contributed by atoms with Crippen LogP contribution in [0.5, 0.6) is 0 Å². The van der Waals surface area contributed by atoms with E-state index in [0.717, 1.165) is 12.8 Å². The van der Waals surface area contributed by atoms with Gasteiger partial charge in [-0.15, -0.1) is 4.83 Å². The molecule has 1 saturated heterocycles. The van der Waals surface area contributed by atoms with Gasteiger partial charge in [0.25, 0.3) is 10.0 Å². The standard InChI is InChI=1S/C10H15BN2O4S/c14-11(15)9-3-5-10(6-4-9)18(16,17)12-13-7-1-2-8-13/h3-6,12,14-15H,1-2,7-8H2. The van der Waals surface area contributed by atoms with Crippen molar-refractivity contribution in [2.45, 2.75) is 17.7 Å². The van der Waals surface area contributed by atoms with E-state index in [2.05, 4.69) is 4.83 Å². The van der Waals surface area contributed by atoms with Gasteiger partial charge in [0.2, 0.25) is 0 Å². The number of rotatable bonds is 4. The molecule has 98 valence electrons. The first-order valence-corrected chi connectivity index (χ1v) is 7.21. The second-order valence-corrected chi connectivity index (χ2v) is 5.89. The van der Waals surface area contributed by atoms with Crippen LogP contribution in [0, 0.1) is 0 Å². The van der Waals surface area contributed by atoms with E-state index in [1.165, 1.54) is 24.3 Å². The molecule has 0 saturated carbocycles. The van der Waals surface area contributed by atoms with Gasteiger partial charge in [-0.2, -0.15) is 0 Å². The maximum Gasteiger partial charge on any atom is 0.488 e. The largest absolute Gasteiger partial charge is 0.488 e. The molecule has 0 spiro atoms. The second kappa shape index (κ2) is 5.37. The third kappa shape index (κ3) is 3.09. The molecule has 1 aromatic carbocycles. The second-order valence-electron chi connectivity index (χ2n) is 4.23. The summed E-state index contributed by atoms with van der Waals surface area (Å²) >= 11 is 0. The van der Waals surface area contributed by atoms with E-state index in [1.54, 1.807) is 5.01 Å². The Labute approximate surface area is 106 Å². The molecule has 0 radical (unpaired) electrons. The Morgan fingerprint density at radius 2 is 1.67 bits per heavy atom. The van der Waals surface area contributed by atoms with Crippen molar-refractivity contribution in [3.05, 3.63) is 24.3 Å². The normalized spacial score (nSPS) is 17.0. The van der Waals surface area contributed by atoms with Crippen molar-refractivity contribution >= 4 is 22.6 Å². The van der Waals surface area contributed by atoms with Gasteiger partial charge in [0.15, 0.2) is 0 Å². The molecule has 0 aliphatic carbocycles. The number of hydrazine groups is 1. The number of benzene rings is 1. The molecule has 0 atom stereocenters. The topological polar surface area (TPSA) is 89.9 Å². The third-order valence-corrected chi connectivity index (χ3v) is 4.24. The predicted octanol–water partition coefficient (Wildman–Crippen LogP) is -1.34. The molecule has 1 heterocycles. The highest BCUT2D eigenvalue weighted by Crippen LogP contribution is 2.10. The molecular weight excluding hydrogens is 255 g/mol. The molecule has 1 aliphatic heterocycles. The predicted molar refractivity (Wildman–Crippen MR) is 67.4 cm³/mol. The summed E-state index contributed by atoms with van der Waals surface area (Å²) in [6.07, 6.45) is 1.97. The first-order chi connectivity index (χ1) is 8.49. The lowest BCUT2D eigenvalue weighted by Gasteiger charge is -2.16. The lowest BCUT2D eigenvalue weighted by Crippen LogP contribution is -2.40. The van der Waals surface area contributed by atoms with Crippen molar-refractivity contribution in [3.8, 4) is 0 Å². The van der Waals surface area contributed by atoms with Crippen molar-refractivity contribution in [1.29, 1.82) is 0 Å². The molecule has 1 fully saturated rings. The van der Waals surface area contributed by atoms with Crippen molar-refractivity contribution in [3.63, 3.8) is 0 Å². The molecular formula is C10H15BN2O4S. The number of hydrogen-bond donors (Lipinski definition) is 3. The summed E-state index contributed by atoms with van der Waals surface area (Å²) < 4.78 is 24.0. The maximum absolute atomic E-state index is 12.0. The van der Waals surface area contributed by atoms with Gasteiger partial charge < -0.3 is 10.0 Å². The van der Waals surface area contributed by atoms with Crippen molar-refractivity contribution in [2.75, 3.05) is 13.1 Å². The van der Waals surface area contributed by atoms with Crippen molar-refractivity contribution in [1.82, 2.24) is 9.84 Å². The number of nitrogens with zero attached hydrogens (tertiary/aromatic N) is 1. The Hall–Kier alpha value is -0.925. The molecule has 1 aliphatic rings.